The van der Waals surface area contributed by atoms with Gasteiger partial charge in [0.1, 0.15) is 5.75 Å². The van der Waals surface area contributed by atoms with Gasteiger partial charge < -0.3 is 20.1 Å². The van der Waals surface area contributed by atoms with Crippen molar-refractivity contribution in [3.05, 3.63) is 29.8 Å². The van der Waals surface area contributed by atoms with Crippen molar-refractivity contribution in [3.8, 4) is 5.75 Å². The minimum atomic E-state index is 0.160. The van der Waals surface area contributed by atoms with Crippen molar-refractivity contribution >= 4 is 17.7 Å². The van der Waals surface area contributed by atoms with Crippen LogP contribution in [0.25, 0.3) is 0 Å². The predicted molar refractivity (Wildman–Crippen MR) is 127 cm³/mol. The second-order valence-corrected chi connectivity index (χ2v) is 9.80. The molecular formula is C23H38N4O2S. The smallest absolute Gasteiger partial charge is 0.191 e. The van der Waals surface area contributed by atoms with Gasteiger partial charge in [0.25, 0.3) is 0 Å². The Bertz CT molecular complexity index is 668. The molecule has 0 aliphatic carbocycles. The largest absolute Gasteiger partial charge is 0.493 e. The summed E-state index contributed by atoms with van der Waals surface area (Å²) >= 11 is 2.06. The number of hydrogen-bond acceptors (Lipinski definition) is 5. The van der Waals surface area contributed by atoms with Gasteiger partial charge in [-0.15, -0.1) is 0 Å². The van der Waals surface area contributed by atoms with E-state index < -0.39 is 0 Å². The lowest BCUT2D eigenvalue weighted by atomic mass is 9.95. The molecular weight excluding hydrogens is 396 g/mol. The highest BCUT2D eigenvalue weighted by Gasteiger charge is 2.40. The normalized spacial score (nSPS) is 24.1. The van der Waals surface area contributed by atoms with Gasteiger partial charge in [-0.3, -0.25) is 9.89 Å². The standard InChI is InChI=1S/C23H38N4O2S/c1-18(2)15-29-21-7-5-20(6-8-21)19(3)26-22(24-4)25-16-23(9-14-30-17-23)27-10-12-28-13-11-27/h5-8,18-19H,9-17H2,1-4H3,(H2,24,25,26). The minimum Gasteiger partial charge on any atom is -0.493 e. The first kappa shape index (κ1) is 23.2. The van der Waals surface area contributed by atoms with E-state index in [9.17, 15) is 0 Å². The molecule has 2 N–H and O–H groups in total. The molecule has 2 saturated heterocycles. The van der Waals surface area contributed by atoms with Crippen LogP contribution in [0.4, 0.5) is 0 Å². The Hall–Kier alpha value is -1.44. The quantitative estimate of drug-likeness (QED) is 0.484. The molecule has 0 saturated carbocycles. The number of nitrogens with one attached hydrogen (secondary N) is 2. The third kappa shape index (κ3) is 6.28. The summed E-state index contributed by atoms with van der Waals surface area (Å²) in [6.45, 7) is 11.9. The maximum atomic E-state index is 5.80. The molecule has 0 spiro atoms. The van der Waals surface area contributed by atoms with Crippen molar-refractivity contribution in [1.29, 1.82) is 0 Å². The van der Waals surface area contributed by atoms with Gasteiger partial charge in [-0.05, 0) is 42.7 Å². The summed E-state index contributed by atoms with van der Waals surface area (Å²) in [6.07, 6.45) is 1.22. The second-order valence-electron chi connectivity index (χ2n) is 8.69. The first-order valence-electron chi connectivity index (χ1n) is 11.1. The Morgan fingerprint density at radius 3 is 2.57 bits per heavy atom. The van der Waals surface area contributed by atoms with E-state index in [1.807, 2.05) is 7.05 Å². The fourth-order valence-corrected chi connectivity index (χ4v) is 5.46. The highest BCUT2D eigenvalue weighted by atomic mass is 32.2. The van der Waals surface area contributed by atoms with E-state index in [2.05, 4.69) is 77.3 Å². The molecule has 0 aromatic heterocycles. The number of nitrogens with zero attached hydrogens (tertiary/aromatic N) is 2. The van der Waals surface area contributed by atoms with Crippen LogP contribution in [-0.4, -0.2) is 74.4 Å². The van der Waals surface area contributed by atoms with Crippen LogP contribution in [0.15, 0.2) is 29.3 Å². The van der Waals surface area contributed by atoms with Gasteiger partial charge >= 0.3 is 0 Å². The fraction of sp³-hybridized carbons (Fsp3) is 0.696. The van der Waals surface area contributed by atoms with Crippen LogP contribution < -0.4 is 15.4 Å². The van der Waals surface area contributed by atoms with E-state index in [1.54, 1.807) is 0 Å². The number of ether oxygens (including phenoxy) is 2. The van der Waals surface area contributed by atoms with Crippen molar-refractivity contribution in [2.75, 3.05) is 58.0 Å². The first-order valence-corrected chi connectivity index (χ1v) is 12.3. The van der Waals surface area contributed by atoms with Gasteiger partial charge in [0, 0.05) is 38.0 Å². The van der Waals surface area contributed by atoms with E-state index in [0.29, 0.717) is 5.92 Å². The van der Waals surface area contributed by atoms with E-state index in [4.69, 9.17) is 9.47 Å². The SMILES string of the molecule is CN=C(NCC1(N2CCOCC2)CCSC1)NC(C)c1ccc(OCC(C)C)cc1. The van der Waals surface area contributed by atoms with Gasteiger partial charge in [0.15, 0.2) is 5.96 Å². The molecule has 2 aliphatic heterocycles. The van der Waals surface area contributed by atoms with E-state index in [1.165, 1.54) is 23.5 Å². The first-order chi connectivity index (χ1) is 14.5. The van der Waals surface area contributed by atoms with Crippen LogP contribution in [0.3, 0.4) is 0 Å². The lowest BCUT2D eigenvalue weighted by molar-refractivity contribution is -0.0120. The highest BCUT2D eigenvalue weighted by Crippen LogP contribution is 2.33. The summed E-state index contributed by atoms with van der Waals surface area (Å²) in [4.78, 5) is 7.10. The Morgan fingerprint density at radius 2 is 1.97 bits per heavy atom. The number of aliphatic imine (C=N–C) groups is 1. The molecule has 0 bridgehead atoms. The highest BCUT2D eigenvalue weighted by molar-refractivity contribution is 7.99. The Labute approximate surface area is 186 Å². The molecule has 1 aromatic rings. The van der Waals surface area contributed by atoms with Crippen molar-refractivity contribution in [2.24, 2.45) is 10.9 Å². The molecule has 168 valence electrons. The molecule has 2 atom stereocenters. The van der Waals surface area contributed by atoms with Crippen LogP contribution in [0, 0.1) is 5.92 Å². The van der Waals surface area contributed by atoms with Crippen LogP contribution in [-0.2, 0) is 4.74 Å². The molecule has 0 radical (unpaired) electrons. The van der Waals surface area contributed by atoms with Crippen LogP contribution in [0.5, 0.6) is 5.75 Å². The van der Waals surface area contributed by atoms with Gasteiger partial charge in [0.05, 0.1) is 25.9 Å². The summed E-state index contributed by atoms with van der Waals surface area (Å²) in [5.41, 5.74) is 1.42. The zero-order valence-corrected chi connectivity index (χ0v) is 19.8. The van der Waals surface area contributed by atoms with Gasteiger partial charge in [-0.2, -0.15) is 11.8 Å². The molecule has 1 aromatic carbocycles. The fourth-order valence-electron chi connectivity index (χ4n) is 3.98. The summed E-state index contributed by atoms with van der Waals surface area (Å²) in [5.74, 6) is 4.70. The zero-order valence-electron chi connectivity index (χ0n) is 18.9. The molecule has 2 aliphatic rings. The van der Waals surface area contributed by atoms with E-state index >= 15 is 0 Å². The molecule has 30 heavy (non-hydrogen) atoms. The predicted octanol–water partition coefficient (Wildman–Crippen LogP) is 3.16. The Balaban J connectivity index is 1.54. The second kappa shape index (κ2) is 11.3. The topological polar surface area (TPSA) is 58.1 Å². The third-order valence-corrected chi connectivity index (χ3v) is 7.12. The van der Waals surface area contributed by atoms with Crippen LogP contribution in [0.2, 0.25) is 0 Å². The molecule has 2 unspecified atom stereocenters. The lowest BCUT2D eigenvalue weighted by Gasteiger charge is -2.43. The van der Waals surface area contributed by atoms with Crippen LogP contribution in [0.1, 0.15) is 38.8 Å². The van der Waals surface area contributed by atoms with Crippen LogP contribution >= 0.6 is 11.8 Å². The third-order valence-electron chi connectivity index (χ3n) is 5.89. The van der Waals surface area contributed by atoms with Gasteiger partial charge in [0.2, 0.25) is 0 Å². The Morgan fingerprint density at radius 1 is 1.23 bits per heavy atom. The molecule has 2 heterocycles. The van der Waals surface area contributed by atoms with Crippen molar-refractivity contribution < 1.29 is 9.47 Å². The molecule has 3 rings (SSSR count). The number of benzene rings is 1. The maximum absolute atomic E-state index is 5.80. The lowest BCUT2D eigenvalue weighted by Crippen LogP contribution is -2.60. The number of morpholine rings is 1. The maximum Gasteiger partial charge on any atom is 0.191 e. The zero-order chi connectivity index (χ0) is 21.4. The summed E-state index contributed by atoms with van der Waals surface area (Å²) < 4.78 is 11.4. The average Bonchev–Trinajstić information content (AvgIpc) is 3.26. The molecule has 6 nitrogen and oxygen atoms in total. The average molecular weight is 435 g/mol. The van der Waals surface area contributed by atoms with Gasteiger partial charge in [-0.25, -0.2) is 0 Å². The van der Waals surface area contributed by atoms with E-state index in [0.717, 1.165) is 51.2 Å². The van der Waals surface area contributed by atoms with Crippen molar-refractivity contribution in [2.45, 2.75) is 38.8 Å². The minimum absolute atomic E-state index is 0.160. The van der Waals surface area contributed by atoms with Crippen molar-refractivity contribution in [3.63, 3.8) is 0 Å². The number of thioether (sulfide) groups is 1. The monoisotopic (exact) mass is 434 g/mol. The summed E-state index contributed by atoms with van der Waals surface area (Å²) in [5, 5.41) is 7.16. The molecule has 0 amide bonds. The number of guanidine groups is 1. The van der Waals surface area contributed by atoms with Gasteiger partial charge in [-0.1, -0.05) is 26.0 Å². The Kier molecular flexibility index (Phi) is 8.72. The molecule has 2 fully saturated rings. The summed E-state index contributed by atoms with van der Waals surface area (Å²) in [7, 11) is 1.84. The number of hydrogen-bond donors (Lipinski definition) is 2. The van der Waals surface area contributed by atoms with Crippen molar-refractivity contribution in [1.82, 2.24) is 15.5 Å². The number of rotatable bonds is 8. The summed E-state index contributed by atoms with van der Waals surface area (Å²) in [6, 6.07) is 8.52. The van der Waals surface area contributed by atoms with E-state index in [-0.39, 0.29) is 11.6 Å². The molecule has 7 heteroatoms.